The highest BCUT2D eigenvalue weighted by atomic mass is 35.5. The molecule has 3 N–H and O–H groups in total. The van der Waals surface area contributed by atoms with Gasteiger partial charge in [-0.25, -0.2) is 0 Å². The van der Waals surface area contributed by atoms with Crippen molar-refractivity contribution in [1.82, 2.24) is 15.1 Å². The standard InChI is InChI=1S/C17H28N4O.3ClH/c1-2-20-10-12-21(13-11-20)9-8-19-17(22)14-16(18)15-6-4-3-5-7-15;;;/h3-7,16H,2,8-14,18H2,1H3,(H,19,22);3*1H. The van der Waals surface area contributed by atoms with Crippen LogP contribution >= 0.6 is 37.2 Å². The molecule has 1 amide bonds. The summed E-state index contributed by atoms with van der Waals surface area (Å²) in [7, 11) is 0. The highest BCUT2D eigenvalue weighted by Crippen LogP contribution is 2.12. The Kier molecular flexibility index (Phi) is 15.6. The summed E-state index contributed by atoms with van der Waals surface area (Å²) in [5, 5.41) is 2.98. The van der Waals surface area contributed by atoms with Gasteiger partial charge < -0.3 is 16.0 Å². The van der Waals surface area contributed by atoms with E-state index in [4.69, 9.17) is 5.73 Å². The van der Waals surface area contributed by atoms with Crippen LogP contribution in [0.3, 0.4) is 0 Å². The highest BCUT2D eigenvalue weighted by Gasteiger charge is 2.15. The first-order valence-electron chi connectivity index (χ1n) is 8.21. The Labute approximate surface area is 169 Å². The van der Waals surface area contributed by atoms with E-state index in [0.717, 1.165) is 44.8 Å². The first kappa shape index (κ1) is 26.7. The molecule has 8 heteroatoms. The number of carbonyl (C=O) groups excluding carboxylic acids is 1. The average molecular weight is 414 g/mol. The van der Waals surface area contributed by atoms with Crippen LogP contribution in [-0.2, 0) is 4.79 Å². The minimum absolute atomic E-state index is 0. The van der Waals surface area contributed by atoms with Gasteiger partial charge in [-0.3, -0.25) is 9.69 Å². The molecular weight excluding hydrogens is 383 g/mol. The number of carbonyl (C=O) groups is 1. The summed E-state index contributed by atoms with van der Waals surface area (Å²) >= 11 is 0. The number of amides is 1. The molecule has 5 nitrogen and oxygen atoms in total. The van der Waals surface area contributed by atoms with Gasteiger partial charge in [0, 0.05) is 51.7 Å². The monoisotopic (exact) mass is 412 g/mol. The Morgan fingerprint density at radius 2 is 1.64 bits per heavy atom. The van der Waals surface area contributed by atoms with Crippen LogP contribution in [-0.4, -0.2) is 61.5 Å². The van der Waals surface area contributed by atoms with Gasteiger partial charge in [0.1, 0.15) is 0 Å². The zero-order chi connectivity index (χ0) is 15.8. The first-order valence-corrected chi connectivity index (χ1v) is 8.21. The van der Waals surface area contributed by atoms with E-state index in [-0.39, 0.29) is 49.2 Å². The first-order chi connectivity index (χ1) is 10.7. The normalized spacial score (nSPS) is 15.9. The van der Waals surface area contributed by atoms with E-state index < -0.39 is 0 Å². The smallest absolute Gasteiger partial charge is 0.221 e. The van der Waals surface area contributed by atoms with Crippen molar-refractivity contribution in [3.8, 4) is 0 Å². The van der Waals surface area contributed by atoms with Gasteiger partial charge in [-0.05, 0) is 12.1 Å². The molecule has 0 spiro atoms. The number of benzene rings is 1. The number of hydrogen-bond donors (Lipinski definition) is 2. The van der Waals surface area contributed by atoms with Crippen LogP contribution in [0.4, 0.5) is 0 Å². The van der Waals surface area contributed by atoms with E-state index in [1.165, 1.54) is 0 Å². The molecule has 0 bridgehead atoms. The lowest BCUT2D eigenvalue weighted by Crippen LogP contribution is -2.48. The lowest BCUT2D eigenvalue weighted by molar-refractivity contribution is -0.121. The molecule has 25 heavy (non-hydrogen) atoms. The maximum absolute atomic E-state index is 11.9. The summed E-state index contributed by atoms with van der Waals surface area (Å²) in [6, 6.07) is 9.55. The molecule has 1 aromatic carbocycles. The SMILES string of the molecule is CCN1CCN(CCNC(=O)CC(N)c2ccccc2)CC1.Cl.Cl.Cl. The third kappa shape index (κ3) is 9.64. The third-order valence-corrected chi connectivity index (χ3v) is 4.30. The number of halogens is 3. The summed E-state index contributed by atoms with van der Waals surface area (Å²) in [4.78, 5) is 16.8. The van der Waals surface area contributed by atoms with Crippen molar-refractivity contribution in [2.24, 2.45) is 5.73 Å². The van der Waals surface area contributed by atoms with Crippen LogP contribution in [0, 0.1) is 0 Å². The van der Waals surface area contributed by atoms with Crippen molar-refractivity contribution in [2.45, 2.75) is 19.4 Å². The summed E-state index contributed by atoms with van der Waals surface area (Å²) in [5.74, 6) is 0.0311. The van der Waals surface area contributed by atoms with Crippen LogP contribution in [0.2, 0.25) is 0 Å². The van der Waals surface area contributed by atoms with Gasteiger partial charge in [0.15, 0.2) is 0 Å². The molecule has 1 fully saturated rings. The second-order valence-electron chi connectivity index (χ2n) is 5.85. The molecule has 146 valence electrons. The lowest BCUT2D eigenvalue weighted by Gasteiger charge is -2.33. The molecule has 1 saturated heterocycles. The average Bonchev–Trinajstić information content (AvgIpc) is 2.56. The van der Waals surface area contributed by atoms with Crippen molar-refractivity contribution in [3.05, 3.63) is 35.9 Å². The van der Waals surface area contributed by atoms with Crippen LogP contribution in [0.15, 0.2) is 30.3 Å². The number of nitrogens with zero attached hydrogens (tertiary/aromatic N) is 2. The van der Waals surface area contributed by atoms with Gasteiger partial charge in [0.05, 0.1) is 0 Å². The van der Waals surface area contributed by atoms with Gasteiger partial charge in [0.2, 0.25) is 5.91 Å². The van der Waals surface area contributed by atoms with Crippen molar-refractivity contribution in [1.29, 1.82) is 0 Å². The molecule has 0 aliphatic carbocycles. The number of rotatable bonds is 7. The van der Waals surface area contributed by atoms with Gasteiger partial charge in [-0.2, -0.15) is 0 Å². The van der Waals surface area contributed by atoms with Crippen LogP contribution in [0.1, 0.15) is 24.9 Å². The fourth-order valence-corrected chi connectivity index (χ4v) is 2.77. The van der Waals surface area contributed by atoms with Crippen LogP contribution in [0.25, 0.3) is 0 Å². The van der Waals surface area contributed by atoms with Gasteiger partial charge in [-0.15, -0.1) is 37.2 Å². The molecule has 2 rings (SSSR count). The van der Waals surface area contributed by atoms with Crippen LogP contribution < -0.4 is 11.1 Å². The van der Waals surface area contributed by atoms with E-state index in [0.29, 0.717) is 13.0 Å². The Morgan fingerprint density at radius 1 is 1.08 bits per heavy atom. The zero-order valence-corrected chi connectivity index (χ0v) is 17.2. The summed E-state index contributed by atoms with van der Waals surface area (Å²) < 4.78 is 0. The predicted octanol–water partition coefficient (Wildman–Crippen LogP) is 2.10. The second-order valence-corrected chi connectivity index (χ2v) is 5.85. The minimum atomic E-state index is -0.228. The van der Waals surface area contributed by atoms with Crippen LogP contribution in [0.5, 0.6) is 0 Å². The molecule has 0 radical (unpaired) electrons. The van der Waals surface area contributed by atoms with Crippen molar-refractivity contribution in [3.63, 3.8) is 0 Å². The maximum atomic E-state index is 11.9. The van der Waals surface area contributed by atoms with E-state index >= 15 is 0 Å². The number of nitrogens with one attached hydrogen (secondary N) is 1. The van der Waals surface area contributed by atoms with Gasteiger partial charge in [-0.1, -0.05) is 37.3 Å². The molecule has 0 aromatic heterocycles. The number of likely N-dealkylation sites (N-methyl/N-ethyl adjacent to an activating group) is 1. The Bertz CT molecular complexity index is 456. The molecular formula is C17H31Cl3N4O. The molecule has 1 aromatic rings. The Morgan fingerprint density at radius 3 is 2.20 bits per heavy atom. The highest BCUT2D eigenvalue weighted by molar-refractivity contribution is 5.86. The summed E-state index contributed by atoms with van der Waals surface area (Å²) in [5.41, 5.74) is 7.07. The fourth-order valence-electron chi connectivity index (χ4n) is 2.77. The largest absolute Gasteiger partial charge is 0.355 e. The minimum Gasteiger partial charge on any atom is -0.355 e. The zero-order valence-electron chi connectivity index (χ0n) is 14.7. The molecule has 1 atom stereocenters. The topological polar surface area (TPSA) is 61.6 Å². The Balaban J connectivity index is 0. The summed E-state index contributed by atoms with van der Waals surface area (Å²) in [6.07, 6.45) is 0.341. The number of hydrogen-bond acceptors (Lipinski definition) is 4. The molecule has 1 heterocycles. The lowest BCUT2D eigenvalue weighted by atomic mass is 10.0. The molecule has 0 saturated carbocycles. The molecule has 1 aliphatic heterocycles. The quantitative estimate of drug-likeness (QED) is 0.718. The van der Waals surface area contributed by atoms with E-state index in [2.05, 4.69) is 22.0 Å². The second kappa shape index (κ2) is 14.6. The van der Waals surface area contributed by atoms with Gasteiger partial charge in [0.25, 0.3) is 0 Å². The van der Waals surface area contributed by atoms with E-state index in [1.54, 1.807) is 0 Å². The van der Waals surface area contributed by atoms with E-state index in [9.17, 15) is 4.79 Å². The number of nitrogens with two attached hydrogens (primary N) is 1. The number of piperazine rings is 1. The molecule has 1 aliphatic rings. The molecule has 1 unspecified atom stereocenters. The van der Waals surface area contributed by atoms with Crippen molar-refractivity contribution in [2.75, 3.05) is 45.8 Å². The Hall–Kier alpha value is -0.560. The van der Waals surface area contributed by atoms with Crippen molar-refractivity contribution >= 4 is 43.1 Å². The maximum Gasteiger partial charge on any atom is 0.221 e. The predicted molar refractivity (Wildman–Crippen MR) is 111 cm³/mol. The fraction of sp³-hybridized carbons (Fsp3) is 0.588. The third-order valence-electron chi connectivity index (χ3n) is 4.30. The van der Waals surface area contributed by atoms with Gasteiger partial charge >= 0.3 is 0 Å². The summed E-state index contributed by atoms with van der Waals surface area (Å²) in [6.45, 7) is 9.39. The van der Waals surface area contributed by atoms with Crippen molar-refractivity contribution < 1.29 is 4.79 Å². The van der Waals surface area contributed by atoms with E-state index in [1.807, 2.05) is 30.3 Å².